The van der Waals surface area contributed by atoms with Gasteiger partial charge in [-0.25, -0.2) is 0 Å². The number of halogens is 2. The summed E-state index contributed by atoms with van der Waals surface area (Å²) in [6.45, 7) is 4.04. The Morgan fingerprint density at radius 2 is 1.75 bits per heavy atom. The third-order valence-corrected chi connectivity index (χ3v) is 2.98. The first kappa shape index (κ1) is 21.8. The van der Waals surface area contributed by atoms with Crippen LogP contribution in [0, 0.1) is 0 Å². The number of ether oxygens (including phenoxy) is 1. The van der Waals surface area contributed by atoms with Crippen molar-refractivity contribution >= 4 is 24.8 Å². The number of likely N-dealkylation sites (N-methyl/N-ethyl adjacent to an activating group) is 1. The van der Waals surface area contributed by atoms with E-state index in [4.69, 9.17) is 4.74 Å². The van der Waals surface area contributed by atoms with E-state index >= 15 is 0 Å². The molecule has 1 rings (SSSR count). The van der Waals surface area contributed by atoms with Gasteiger partial charge in [0, 0.05) is 12.6 Å². The molecule has 0 saturated heterocycles. The van der Waals surface area contributed by atoms with Crippen LogP contribution in [0.5, 0.6) is 5.75 Å². The monoisotopic (exact) mass is 322 g/mol. The Labute approximate surface area is 135 Å². The number of rotatable bonds is 8. The van der Waals surface area contributed by atoms with Crippen molar-refractivity contribution in [1.82, 2.24) is 10.2 Å². The molecule has 1 unspecified atom stereocenters. The second-order valence-electron chi connectivity index (χ2n) is 5.04. The second kappa shape index (κ2) is 12.3. The van der Waals surface area contributed by atoms with E-state index in [1.54, 1.807) is 0 Å². The molecule has 1 N–H and O–H groups in total. The molecule has 0 heterocycles. The predicted octanol–water partition coefficient (Wildman–Crippen LogP) is 3.01. The van der Waals surface area contributed by atoms with Crippen molar-refractivity contribution in [2.24, 2.45) is 0 Å². The van der Waals surface area contributed by atoms with Crippen LogP contribution in [0.3, 0.4) is 0 Å². The average molecular weight is 323 g/mol. The van der Waals surface area contributed by atoms with Gasteiger partial charge in [-0.3, -0.25) is 0 Å². The molecule has 0 aromatic heterocycles. The third-order valence-electron chi connectivity index (χ3n) is 2.98. The molecule has 0 aliphatic rings. The van der Waals surface area contributed by atoms with Crippen molar-refractivity contribution in [2.75, 3.05) is 34.3 Å². The highest BCUT2D eigenvalue weighted by Gasteiger charge is 2.01. The lowest BCUT2D eigenvalue weighted by molar-refractivity contribution is 0.281. The van der Waals surface area contributed by atoms with Gasteiger partial charge in [0.05, 0.1) is 6.61 Å². The SMILES string of the molecule is CNC(C)Cc1ccc(OCCCN(C)C)cc1.Cl.Cl. The van der Waals surface area contributed by atoms with E-state index < -0.39 is 0 Å². The Morgan fingerprint density at radius 1 is 1.15 bits per heavy atom. The van der Waals surface area contributed by atoms with Crippen LogP contribution in [0.4, 0.5) is 0 Å². The zero-order valence-corrected chi connectivity index (χ0v) is 14.5. The summed E-state index contributed by atoms with van der Waals surface area (Å²) in [5.41, 5.74) is 1.34. The largest absolute Gasteiger partial charge is 0.494 e. The van der Waals surface area contributed by atoms with Gasteiger partial charge in [-0.15, -0.1) is 24.8 Å². The minimum Gasteiger partial charge on any atom is -0.494 e. The fourth-order valence-electron chi connectivity index (χ4n) is 1.75. The quantitative estimate of drug-likeness (QED) is 0.744. The summed E-state index contributed by atoms with van der Waals surface area (Å²) in [7, 11) is 6.16. The number of benzene rings is 1. The van der Waals surface area contributed by atoms with Crippen molar-refractivity contribution in [3.8, 4) is 5.75 Å². The van der Waals surface area contributed by atoms with E-state index in [1.807, 2.05) is 7.05 Å². The van der Waals surface area contributed by atoms with Crippen LogP contribution in [-0.2, 0) is 6.42 Å². The van der Waals surface area contributed by atoms with Crippen LogP contribution >= 0.6 is 24.8 Å². The van der Waals surface area contributed by atoms with Crippen LogP contribution in [0.2, 0.25) is 0 Å². The van der Waals surface area contributed by atoms with Crippen LogP contribution in [-0.4, -0.2) is 45.2 Å². The molecule has 1 aromatic carbocycles. The van der Waals surface area contributed by atoms with Crippen LogP contribution in [0.1, 0.15) is 18.9 Å². The molecular formula is C15H28Cl2N2O. The minimum absolute atomic E-state index is 0. The van der Waals surface area contributed by atoms with E-state index in [-0.39, 0.29) is 24.8 Å². The maximum atomic E-state index is 5.70. The Kier molecular flexibility index (Phi) is 13.4. The number of nitrogens with one attached hydrogen (secondary N) is 1. The van der Waals surface area contributed by atoms with Crippen LogP contribution in [0.25, 0.3) is 0 Å². The molecule has 1 atom stereocenters. The zero-order chi connectivity index (χ0) is 13.4. The average Bonchev–Trinajstić information content (AvgIpc) is 2.36. The van der Waals surface area contributed by atoms with Gasteiger partial charge in [0.2, 0.25) is 0 Å². The molecule has 0 saturated carbocycles. The Balaban J connectivity index is 0. The summed E-state index contributed by atoms with van der Waals surface area (Å²) in [6, 6.07) is 8.93. The molecule has 0 fully saturated rings. The normalized spacial score (nSPS) is 11.4. The maximum absolute atomic E-state index is 5.70. The standard InChI is InChI=1S/C15H26N2O.2ClH/c1-13(16-2)12-14-6-8-15(9-7-14)18-11-5-10-17(3)4;;/h6-9,13,16H,5,10-12H2,1-4H3;2*1H. The highest BCUT2D eigenvalue weighted by atomic mass is 35.5. The lowest BCUT2D eigenvalue weighted by Crippen LogP contribution is -2.23. The number of nitrogens with zero attached hydrogens (tertiary/aromatic N) is 1. The van der Waals surface area contributed by atoms with Gasteiger partial charge in [-0.1, -0.05) is 12.1 Å². The van der Waals surface area contributed by atoms with E-state index in [9.17, 15) is 0 Å². The first-order valence-corrected chi connectivity index (χ1v) is 6.65. The molecule has 0 radical (unpaired) electrons. The molecular weight excluding hydrogens is 295 g/mol. The van der Waals surface area contributed by atoms with E-state index in [2.05, 4.69) is 55.5 Å². The molecule has 0 amide bonds. The molecule has 118 valence electrons. The van der Waals surface area contributed by atoms with Gasteiger partial charge in [0.25, 0.3) is 0 Å². The molecule has 0 bridgehead atoms. The highest BCUT2D eigenvalue weighted by molar-refractivity contribution is 5.85. The van der Waals surface area contributed by atoms with Gasteiger partial charge in [0.1, 0.15) is 5.75 Å². The smallest absolute Gasteiger partial charge is 0.119 e. The van der Waals surface area contributed by atoms with Crippen molar-refractivity contribution in [1.29, 1.82) is 0 Å². The Hall–Kier alpha value is -0.480. The third kappa shape index (κ3) is 9.43. The first-order valence-electron chi connectivity index (χ1n) is 6.65. The molecule has 20 heavy (non-hydrogen) atoms. The predicted molar refractivity (Wildman–Crippen MR) is 91.8 cm³/mol. The summed E-state index contributed by atoms with van der Waals surface area (Å²) in [4.78, 5) is 2.17. The summed E-state index contributed by atoms with van der Waals surface area (Å²) in [5, 5.41) is 3.24. The van der Waals surface area contributed by atoms with Crippen molar-refractivity contribution < 1.29 is 4.74 Å². The molecule has 0 spiro atoms. The lowest BCUT2D eigenvalue weighted by atomic mass is 10.1. The topological polar surface area (TPSA) is 24.5 Å². The molecule has 3 nitrogen and oxygen atoms in total. The van der Waals surface area contributed by atoms with Crippen LogP contribution in [0.15, 0.2) is 24.3 Å². The lowest BCUT2D eigenvalue weighted by Gasteiger charge is -2.12. The summed E-state index contributed by atoms with van der Waals surface area (Å²) < 4.78 is 5.70. The van der Waals surface area contributed by atoms with Crippen molar-refractivity contribution in [3.05, 3.63) is 29.8 Å². The van der Waals surface area contributed by atoms with Gasteiger partial charge in [-0.2, -0.15) is 0 Å². The highest BCUT2D eigenvalue weighted by Crippen LogP contribution is 2.13. The maximum Gasteiger partial charge on any atom is 0.119 e. The molecule has 0 aliphatic heterocycles. The minimum atomic E-state index is 0. The van der Waals surface area contributed by atoms with E-state index in [1.165, 1.54) is 5.56 Å². The number of hydrogen-bond acceptors (Lipinski definition) is 3. The van der Waals surface area contributed by atoms with Crippen molar-refractivity contribution in [2.45, 2.75) is 25.8 Å². The van der Waals surface area contributed by atoms with E-state index in [0.29, 0.717) is 6.04 Å². The Bertz CT molecular complexity index is 331. The molecule has 5 heteroatoms. The van der Waals surface area contributed by atoms with Gasteiger partial charge in [0.15, 0.2) is 0 Å². The summed E-state index contributed by atoms with van der Waals surface area (Å²) in [5.74, 6) is 0.967. The first-order chi connectivity index (χ1) is 8.61. The second-order valence-corrected chi connectivity index (χ2v) is 5.04. The summed E-state index contributed by atoms with van der Waals surface area (Å²) >= 11 is 0. The van der Waals surface area contributed by atoms with Gasteiger partial charge in [-0.05, 0) is 58.6 Å². The van der Waals surface area contributed by atoms with Gasteiger partial charge >= 0.3 is 0 Å². The van der Waals surface area contributed by atoms with Gasteiger partial charge < -0.3 is 15.0 Å². The van der Waals surface area contributed by atoms with Crippen LogP contribution < -0.4 is 10.1 Å². The summed E-state index contributed by atoms with van der Waals surface area (Å²) in [6.07, 6.45) is 2.11. The van der Waals surface area contributed by atoms with Crippen molar-refractivity contribution in [3.63, 3.8) is 0 Å². The molecule has 0 aliphatic carbocycles. The van der Waals surface area contributed by atoms with E-state index in [0.717, 1.165) is 31.7 Å². The molecule has 1 aromatic rings. The fourth-order valence-corrected chi connectivity index (χ4v) is 1.75. The Morgan fingerprint density at radius 3 is 2.25 bits per heavy atom. The fraction of sp³-hybridized carbons (Fsp3) is 0.600. The zero-order valence-electron chi connectivity index (χ0n) is 12.9. The number of hydrogen-bond donors (Lipinski definition) is 1.